The number of hydrogen-bond donors (Lipinski definition) is 1. The second-order valence-electron chi connectivity index (χ2n) is 4.10. The summed E-state index contributed by atoms with van der Waals surface area (Å²) in [5, 5.41) is 3.35. The molecule has 0 aromatic rings. The molecule has 0 radical (unpaired) electrons. The number of ether oxygens (including phenoxy) is 1. The molecular weight excluding hydrogens is 174 g/mol. The van der Waals surface area contributed by atoms with Gasteiger partial charge >= 0.3 is 0 Å². The van der Waals surface area contributed by atoms with Crippen molar-refractivity contribution in [3.05, 3.63) is 12.7 Å². The summed E-state index contributed by atoms with van der Waals surface area (Å²) in [5.74, 6) is 0.770. The van der Waals surface area contributed by atoms with Gasteiger partial charge in [-0.1, -0.05) is 18.9 Å². The van der Waals surface area contributed by atoms with Gasteiger partial charge in [-0.05, 0) is 31.7 Å². The van der Waals surface area contributed by atoms with Gasteiger partial charge in [0.1, 0.15) is 0 Å². The van der Waals surface area contributed by atoms with E-state index in [0.29, 0.717) is 6.10 Å². The predicted molar refractivity (Wildman–Crippen MR) is 60.4 cm³/mol. The van der Waals surface area contributed by atoms with E-state index in [4.69, 9.17) is 4.74 Å². The van der Waals surface area contributed by atoms with E-state index in [1.807, 2.05) is 13.2 Å². The first kappa shape index (κ1) is 11.7. The maximum Gasteiger partial charge on any atom is 0.0600 e. The minimum Gasteiger partial charge on any atom is -0.381 e. The topological polar surface area (TPSA) is 21.3 Å². The van der Waals surface area contributed by atoms with Crippen LogP contribution in [0.2, 0.25) is 0 Å². The van der Waals surface area contributed by atoms with Crippen molar-refractivity contribution in [2.75, 3.05) is 20.2 Å². The Morgan fingerprint density at radius 2 is 2.21 bits per heavy atom. The Hall–Kier alpha value is -0.340. The highest BCUT2D eigenvalue weighted by molar-refractivity contribution is 4.77. The Bertz CT molecular complexity index is 158. The summed E-state index contributed by atoms with van der Waals surface area (Å²) < 4.78 is 5.51. The molecule has 0 unspecified atom stereocenters. The molecule has 0 heterocycles. The molecule has 0 spiro atoms. The number of hydrogen-bond acceptors (Lipinski definition) is 2. The second-order valence-corrected chi connectivity index (χ2v) is 4.10. The van der Waals surface area contributed by atoms with Crippen LogP contribution in [0.5, 0.6) is 0 Å². The monoisotopic (exact) mass is 197 g/mol. The van der Waals surface area contributed by atoms with Crippen LogP contribution >= 0.6 is 0 Å². The summed E-state index contributed by atoms with van der Waals surface area (Å²) in [7, 11) is 1.85. The predicted octanol–water partition coefficient (Wildman–Crippen LogP) is 2.36. The molecule has 0 aromatic carbocycles. The molecule has 1 aliphatic rings. The molecule has 14 heavy (non-hydrogen) atoms. The molecule has 1 rings (SSSR count). The first-order chi connectivity index (χ1) is 6.88. The van der Waals surface area contributed by atoms with E-state index in [-0.39, 0.29) is 0 Å². The Kier molecular flexibility index (Phi) is 5.88. The zero-order valence-electron chi connectivity index (χ0n) is 9.30. The Balaban J connectivity index is 2.16. The van der Waals surface area contributed by atoms with E-state index < -0.39 is 0 Å². The molecule has 1 N–H and O–H groups in total. The molecule has 0 aromatic heterocycles. The van der Waals surface area contributed by atoms with Crippen LogP contribution in [0.4, 0.5) is 0 Å². The highest BCUT2D eigenvalue weighted by Gasteiger charge is 2.23. The summed E-state index contributed by atoms with van der Waals surface area (Å²) >= 11 is 0. The maximum atomic E-state index is 5.51. The zero-order chi connectivity index (χ0) is 10.2. The van der Waals surface area contributed by atoms with Gasteiger partial charge in [-0.2, -0.15) is 0 Å². The number of methoxy groups -OCH3 is 1. The molecule has 0 bridgehead atoms. The average molecular weight is 197 g/mol. The van der Waals surface area contributed by atoms with Crippen LogP contribution in [-0.4, -0.2) is 26.3 Å². The number of rotatable bonds is 6. The van der Waals surface area contributed by atoms with Crippen LogP contribution in [0.25, 0.3) is 0 Å². The summed E-state index contributed by atoms with van der Waals surface area (Å²) in [6, 6.07) is 0. The van der Waals surface area contributed by atoms with Crippen LogP contribution in [0.15, 0.2) is 12.7 Å². The van der Waals surface area contributed by atoms with Gasteiger partial charge in [0.05, 0.1) is 6.10 Å². The van der Waals surface area contributed by atoms with E-state index in [0.717, 1.165) is 19.0 Å². The quantitative estimate of drug-likeness (QED) is 0.521. The summed E-state index contributed by atoms with van der Waals surface area (Å²) in [5.41, 5.74) is 0. The smallest absolute Gasteiger partial charge is 0.0600 e. The molecule has 2 nitrogen and oxygen atoms in total. The van der Waals surface area contributed by atoms with Crippen LogP contribution in [0, 0.1) is 5.92 Å². The highest BCUT2D eigenvalue weighted by atomic mass is 16.5. The minimum atomic E-state index is 0.509. The third-order valence-electron chi connectivity index (χ3n) is 3.12. The van der Waals surface area contributed by atoms with Crippen molar-refractivity contribution >= 4 is 0 Å². The van der Waals surface area contributed by atoms with Gasteiger partial charge in [-0.3, -0.25) is 0 Å². The summed E-state index contributed by atoms with van der Waals surface area (Å²) in [6.45, 7) is 5.70. The first-order valence-corrected chi connectivity index (χ1v) is 5.73. The van der Waals surface area contributed by atoms with E-state index in [1.54, 1.807) is 0 Å². The zero-order valence-corrected chi connectivity index (χ0v) is 9.30. The Morgan fingerprint density at radius 1 is 1.43 bits per heavy atom. The van der Waals surface area contributed by atoms with Gasteiger partial charge in [-0.25, -0.2) is 0 Å². The normalized spacial score (nSPS) is 27.5. The fraction of sp³-hybridized carbons (Fsp3) is 0.833. The Morgan fingerprint density at radius 3 is 2.93 bits per heavy atom. The van der Waals surface area contributed by atoms with E-state index in [9.17, 15) is 0 Å². The standard InChI is InChI=1S/C12H23NO/c1-3-9-13-10-8-11-6-4-5-7-12(11)14-2/h3,11-13H,1,4-10H2,2H3/t11-,12+/m1/s1. The fourth-order valence-electron chi connectivity index (χ4n) is 2.31. The van der Waals surface area contributed by atoms with Crippen molar-refractivity contribution in [2.24, 2.45) is 5.92 Å². The molecule has 1 fully saturated rings. The lowest BCUT2D eigenvalue weighted by atomic mass is 9.84. The molecule has 82 valence electrons. The summed E-state index contributed by atoms with van der Waals surface area (Å²) in [4.78, 5) is 0. The van der Waals surface area contributed by atoms with Gasteiger partial charge in [0.25, 0.3) is 0 Å². The lowest BCUT2D eigenvalue weighted by Gasteiger charge is -2.30. The van der Waals surface area contributed by atoms with Crippen molar-refractivity contribution in [3.8, 4) is 0 Å². The third kappa shape index (κ3) is 3.81. The number of nitrogens with one attached hydrogen (secondary N) is 1. The molecule has 1 aliphatic carbocycles. The van der Waals surface area contributed by atoms with Gasteiger partial charge in [0, 0.05) is 13.7 Å². The lowest BCUT2D eigenvalue weighted by molar-refractivity contribution is 0.0207. The molecule has 2 atom stereocenters. The van der Waals surface area contributed by atoms with Gasteiger partial charge < -0.3 is 10.1 Å². The average Bonchev–Trinajstić information content (AvgIpc) is 2.25. The van der Waals surface area contributed by atoms with Crippen LogP contribution in [0.3, 0.4) is 0 Å². The Labute approximate surface area is 87.7 Å². The molecule has 2 heteroatoms. The van der Waals surface area contributed by atoms with Crippen molar-refractivity contribution in [1.82, 2.24) is 5.32 Å². The second kappa shape index (κ2) is 7.02. The van der Waals surface area contributed by atoms with Crippen LogP contribution in [-0.2, 0) is 4.74 Å². The first-order valence-electron chi connectivity index (χ1n) is 5.73. The molecular formula is C12H23NO. The van der Waals surface area contributed by atoms with E-state index in [1.165, 1.54) is 32.1 Å². The summed E-state index contributed by atoms with van der Waals surface area (Å²) in [6.07, 6.45) is 8.98. The van der Waals surface area contributed by atoms with Crippen molar-refractivity contribution < 1.29 is 4.74 Å². The van der Waals surface area contributed by atoms with Gasteiger partial charge in [-0.15, -0.1) is 6.58 Å². The molecule has 0 aliphatic heterocycles. The van der Waals surface area contributed by atoms with Gasteiger partial charge in [0.2, 0.25) is 0 Å². The largest absolute Gasteiger partial charge is 0.381 e. The maximum absolute atomic E-state index is 5.51. The minimum absolute atomic E-state index is 0.509. The lowest BCUT2D eigenvalue weighted by Crippen LogP contribution is -2.29. The third-order valence-corrected chi connectivity index (χ3v) is 3.12. The van der Waals surface area contributed by atoms with E-state index in [2.05, 4.69) is 11.9 Å². The van der Waals surface area contributed by atoms with Crippen LogP contribution in [0.1, 0.15) is 32.1 Å². The van der Waals surface area contributed by atoms with E-state index >= 15 is 0 Å². The van der Waals surface area contributed by atoms with Gasteiger partial charge in [0.15, 0.2) is 0 Å². The highest BCUT2D eigenvalue weighted by Crippen LogP contribution is 2.28. The molecule has 1 saturated carbocycles. The molecule has 0 amide bonds. The van der Waals surface area contributed by atoms with Crippen LogP contribution < -0.4 is 5.32 Å². The van der Waals surface area contributed by atoms with Crippen molar-refractivity contribution in [1.29, 1.82) is 0 Å². The molecule has 0 saturated heterocycles. The SMILES string of the molecule is C=CCNCC[C@H]1CCCC[C@@H]1OC. The van der Waals surface area contributed by atoms with Crippen molar-refractivity contribution in [2.45, 2.75) is 38.2 Å². The van der Waals surface area contributed by atoms with Crippen molar-refractivity contribution in [3.63, 3.8) is 0 Å². The fourth-order valence-corrected chi connectivity index (χ4v) is 2.31.